The van der Waals surface area contributed by atoms with Gasteiger partial charge in [0.1, 0.15) is 29.0 Å². The van der Waals surface area contributed by atoms with Crippen molar-refractivity contribution in [2.75, 3.05) is 0 Å². The molecule has 0 aliphatic heterocycles. The SMILES string of the molecule is CCCCCc1ccc(-c2ccc(-c3cc(F)c(-c4ccc(C(F)(F)Oc5ccc(OC(F)(F)F)c(F)c5)cc4)c(F)c3)c(F)c2)c(F)c1. The molecule has 0 saturated heterocycles. The van der Waals surface area contributed by atoms with Crippen LogP contribution in [0.2, 0.25) is 0 Å². The Hall–Kier alpha value is -5.00. The van der Waals surface area contributed by atoms with Gasteiger partial charge in [-0.3, -0.25) is 0 Å². The van der Waals surface area contributed by atoms with E-state index in [1.165, 1.54) is 18.2 Å². The third-order valence-corrected chi connectivity index (χ3v) is 7.62. The van der Waals surface area contributed by atoms with Gasteiger partial charge in [0.05, 0.1) is 11.1 Å². The maximum atomic E-state index is 15.3. The van der Waals surface area contributed by atoms with Gasteiger partial charge < -0.3 is 9.47 Å². The first-order chi connectivity index (χ1) is 23.1. The van der Waals surface area contributed by atoms with Crippen LogP contribution in [0.15, 0.2) is 91.0 Å². The van der Waals surface area contributed by atoms with Crippen molar-refractivity contribution in [3.8, 4) is 44.9 Å². The summed E-state index contributed by atoms with van der Waals surface area (Å²) in [6.45, 7) is 2.06. The molecule has 5 rings (SSSR count). The lowest BCUT2D eigenvalue weighted by Gasteiger charge is -2.19. The second-order valence-electron chi connectivity index (χ2n) is 11.1. The minimum Gasteiger partial charge on any atom is -0.429 e. The molecule has 256 valence electrons. The van der Waals surface area contributed by atoms with Crippen LogP contribution in [0.3, 0.4) is 0 Å². The van der Waals surface area contributed by atoms with Crippen LogP contribution >= 0.6 is 0 Å². The fraction of sp³-hybridized carbons (Fsp3) is 0.189. The second kappa shape index (κ2) is 14.2. The van der Waals surface area contributed by atoms with Crippen molar-refractivity contribution < 1.29 is 53.4 Å². The molecule has 0 N–H and O–H groups in total. The van der Waals surface area contributed by atoms with E-state index >= 15 is 13.2 Å². The minimum absolute atomic E-state index is 0.161. The molecule has 0 aromatic heterocycles. The Labute approximate surface area is 274 Å². The molecule has 0 saturated carbocycles. The summed E-state index contributed by atoms with van der Waals surface area (Å²) in [6.07, 6.45) is -5.68. The maximum Gasteiger partial charge on any atom is 0.573 e. The highest BCUT2D eigenvalue weighted by Gasteiger charge is 2.36. The number of halogens is 10. The van der Waals surface area contributed by atoms with E-state index in [1.54, 1.807) is 12.1 Å². The number of benzene rings is 5. The Kier molecular flexibility index (Phi) is 10.3. The molecule has 0 amide bonds. The zero-order valence-electron chi connectivity index (χ0n) is 25.6. The minimum atomic E-state index is -5.21. The van der Waals surface area contributed by atoms with E-state index in [0.29, 0.717) is 18.6 Å². The van der Waals surface area contributed by atoms with E-state index in [1.807, 2.05) is 0 Å². The number of unbranched alkanes of at least 4 members (excludes halogenated alkanes) is 2. The summed E-state index contributed by atoms with van der Waals surface area (Å²) in [5.74, 6) is -7.33. The van der Waals surface area contributed by atoms with Crippen LogP contribution in [0.5, 0.6) is 11.5 Å². The predicted molar refractivity (Wildman–Crippen MR) is 163 cm³/mol. The lowest BCUT2D eigenvalue weighted by molar-refractivity contribution is -0.275. The van der Waals surface area contributed by atoms with Gasteiger partial charge in [-0.05, 0) is 83.6 Å². The Morgan fingerprint density at radius 1 is 0.531 bits per heavy atom. The van der Waals surface area contributed by atoms with Crippen LogP contribution in [0.25, 0.3) is 33.4 Å². The first kappa shape index (κ1) is 35.3. The molecular weight excluding hydrogens is 666 g/mol. The fourth-order valence-corrected chi connectivity index (χ4v) is 5.24. The zero-order chi connectivity index (χ0) is 35.5. The zero-order valence-corrected chi connectivity index (χ0v) is 25.6. The van der Waals surface area contributed by atoms with Crippen molar-refractivity contribution in [2.45, 2.75) is 45.1 Å². The van der Waals surface area contributed by atoms with Crippen molar-refractivity contribution in [1.82, 2.24) is 0 Å². The van der Waals surface area contributed by atoms with Gasteiger partial charge in [-0.2, -0.15) is 8.78 Å². The number of ether oxygens (including phenoxy) is 2. The standard InChI is InChI=1S/C37H26F10O2/c1-2-3-4-5-21-6-13-27(29(38)16-21)23-9-14-28(30(39)17-23)24-18-32(41)35(33(42)19-24)22-7-10-25(11-8-22)36(43,44)48-26-12-15-34(31(40)20-26)49-37(45,46)47/h6-20H,2-5H2,1H3. The first-order valence-corrected chi connectivity index (χ1v) is 15.0. The molecule has 5 aromatic carbocycles. The van der Waals surface area contributed by atoms with Gasteiger partial charge in [-0.25, -0.2) is 22.0 Å². The molecule has 5 aromatic rings. The highest BCUT2D eigenvalue weighted by molar-refractivity contribution is 5.75. The topological polar surface area (TPSA) is 18.5 Å². The Balaban J connectivity index is 1.33. The van der Waals surface area contributed by atoms with Gasteiger partial charge in [0.2, 0.25) is 0 Å². The highest BCUT2D eigenvalue weighted by Crippen LogP contribution is 2.38. The molecular formula is C37H26F10O2. The molecule has 49 heavy (non-hydrogen) atoms. The van der Waals surface area contributed by atoms with E-state index in [4.69, 9.17) is 0 Å². The Morgan fingerprint density at radius 2 is 1.12 bits per heavy atom. The van der Waals surface area contributed by atoms with Crippen LogP contribution in [0.4, 0.5) is 43.9 Å². The van der Waals surface area contributed by atoms with Gasteiger partial charge in [-0.15, -0.1) is 13.2 Å². The van der Waals surface area contributed by atoms with Gasteiger partial charge in [-0.1, -0.05) is 56.2 Å². The summed E-state index contributed by atoms with van der Waals surface area (Å²) < 4.78 is 149. The molecule has 0 aliphatic carbocycles. The van der Waals surface area contributed by atoms with Crippen molar-refractivity contribution in [1.29, 1.82) is 0 Å². The summed E-state index contributed by atoms with van der Waals surface area (Å²) in [5, 5.41) is 0. The molecule has 0 spiro atoms. The normalized spacial score (nSPS) is 11.9. The summed E-state index contributed by atoms with van der Waals surface area (Å²) in [4.78, 5) is 0. The number of hydrogen-bond donors (Lipinski definition) is 0. The van der Waals surface area contributed by atoms with Crippen molar-refractivity contribution in [3.05, 3.63) is 131 Å². The van der Waals surface area contributed by atoms with Crippen LogP contribution in [-0.4, -0.2) is 6.36 Å². The monoisotopic (exact) mass is 692 g/mol. The first-order valence-electron chi connectivity index (χ1n) is 15.0. The molecule has 12 heteroatoms. The lowest BCUT2D eigenvalue weighted by atomic mass is 9.95. The predicted octanol–water partition coefficient (Wildman–Crippen LogP) is 12.1. The fourth-order valence-electron chi connectivity index (χ4n) is 5.24. The second-order valence-corrected chi connectivity index (χ2v) is 11.1. The van der Waals surface area contributed by atoms with E-state index in [9.17, 15) is 30.7 Å². The number of rotatable bonds is 11. The van der Waals surface area contributed by atoms with Crippen LogP contribution in [0, 0.1) is 29.1 Å². The molecule has 0 atom stereocenters. The lowest BCUT2D eigenvalue weighted by Crippen LogP contribution is -2.22. The van der Waals surface area contributed by atoms with Crippen LogP contribution in [-0.2, 0) is 12.5 Å². The van der Waals surface area contributed by atoms with Crippen LogP contribution < -0.4 is 9.47 Å². The van der Waals surface area contributed by atoms with E-state index < -0.39 is 64.2 Å². The molecule has 2 nitrogen and oxygen atoms in total. The average molecular weight is 693 g/mol. The molecule has 0 aliphatic rings. The number of aryl methyl sites for hydroxylation is 1. The highest BCUT2D eigenvalue weighted by atomic mass is 19.4. The maximum absolute atomic E-state index is 15.3. The molecule has 0 heterocycles. The molecule has 0 fully saturated rings. The van der Waals surface area contributed by atoms with Crippen molar-refractivity contribution in [2.24, 2.45) is 0 Å². The largest absolute Gasteiger partial charge is 0.573 e. The van der Waals surface area contributed by atoms with E-state index in [-0.39, 0.29) is 33.9 Å². The number of hydrogen-bond acceptors (Lipinski definition) is 2. The third-order valence-electron chi connectivity index (χ3n) is 7.62. The smallest absolute Gasteiger partial charge is 0.429 e. The average Bonchev–Trinajstić information content (AvgIpc) is 3.02. The van der Waals surface area contributed by atoms with Gasteiger partial charge in [0.15, 0.2) is 11.6 Å². The molecule has 0 radical (unpaired) electrons. The Bertz CT molecular complexity index is 1930. The molecule has 0 unspecified atom stereocenters. The Morgan fingerprint density at radius 3 is 1.71 bits per heavy atom. The van der Waals surface area contributed by atoms with Crippen LogP contribution in [0.1, 0.15) is 37.3 Å². The van der Waals surface area contributed by atoms with Gasteiger partial charge in [0.25, 0.3) is 0 Å². The van der Waals surface area contributed by atoms with Gasteiger partial charge >= 0.3 is 12.5 Å². The van der Waals surface area contributed by atoms with Crippen molar-refractivity contribution >= 4 is 0 Å². The van der Waals surface area contributed by atoms with Crippen molar-refractivity contribution in [3.63, 3.8) is 0 Å². The molecule has 0 bridgehead atoms. The summed E-state index contributed by atoms with van der Waals surface area (Å²) in [5.41, 5.74) is -0.693. The summed E-state index contributed by atoms with van der Waals surface area (Å²) in [7, 11) is 0. The quantitative estimate of drug-likeness (QED) is 0.101. The number of alkyl halides is 5. The summed E-state index contributed by atoms with van der Waals surface area (Å²) >= 11 is 0. The van der Waals surface area contributed by atoms with E-state index in [0.717, 1.165) is 67.3 Å². The third kappa shape index (κ3) is 8.36. The van der Waals surface area contributed by atoms with Gasteiger partial charge in [0, 0.05) is 17.2 Å². The van der Waals surface area contributed by atoms with E-state index in [2.05, 4.69) is 16.4 Å². The summed E-state index contributed by atoms with van der Waals surface area (Å²) in [6, 6.07) is 15.1.